The fourth-order valence-corrected chi connectivity index (χ4v) is 3.97. The largest absolute Gasteiger partial charge is 0.384 e. The Morgan fingerprint density at radius 1 is 1.11 bits per heavy atom. The van der Waals surface area contributed by atoms with Gasteiger partial charge in [0, 0.05) is 33.5 Å². The lowest BCUT2D eigenvalue weighted by molar-refractivity contribution is 0.218. The average Bonchev–Trinajstić information content (AvgIpc) is 3.04. The molecule has 0 amide bonds. The number of hydrogen-bond donors (Lipinski definition) is 0. The van der Waals surface area contributed by atoms with Gasteiger partial charge in [-0.1, -0.05) is 42.1 Å². The minimum absolute atomic E-state index is 0.307. The zero-order chi connectivity index (χ0) is 19.4. The van der Waals surface area contributed by atoms with Crippen molar-refractivity contribution in [1.29, 1.82) is 0 Å². The van der Waals surface area contributed by atoms with Gasteiger partial charge in [-0.3, -0.25) is 13.9 Å². The van der Waals surface area contributed by atoms with Crippen molar-refractivity contribution in [2.45, 2.75) is 24.5 Å². The molecule has 0 atom stereocenters. The molecule has 2 aromatic heterocycles. The number of aryl methyl sites for hydroxylation is 3. The Kier molecular flexibility index (Phi) is 6.18. The first-order valence-corrected chi connectivity index (χ1v) is 9.85. The minimum Gasteiger partial charge on any atom is -0.384 e. The quantitative estimate of drug-likeness (QED) is 0.435. The number of fused-ring (bicyclic) bond motifs is 1. The highest BCUT2D eigenvalue weighted by molar-refractivity contribution is 7.99. The van der Waals surface area contributed by atoms with E-state index < -0.39 is 0 Å². The summed E-state index contributed by atoms with van der Waals surface area (Å²) in [6.07, 6.45) is 1.79. The lowest BCUT2D eigenvalue weighted by Gasteiger charge is -2.09. The van der Waals surface area contributed by atoms with Gasteiger partial charge in [-0.15, -0.1) is 0 Å². The van der Waals surface area contributed by atoms with E-state index in [1.807, 2.05) is 22.8 Å². The van der Waals surface area contributed by atoms with Crippen molar-refractivity contribution < 1.29 is 4.74 Å². The van der Waals surface area contributed by atoms with Gasteiger partial charge in [0.15, 0.2) is 16.3 Å². The summed E-state index contributed by atoms with van der Waals surface area (Å²) in [5, 5.41) is 0.744. The first kappa shape index (κ1) is 19.4. The van der Waals surface area contributed by atoms with Gasteiger partial charge in [-0.2, -0.15) is 0 Å². The molecule has 0 aliphatic carbocycles. The predicted octanol–water partition coefficient (Wildman–Crippen LogP) is 1.80. The molecule has 0 spiro atoms. The first-order chi connectivity index (χ1) is 13.0. The Bertz CT molecular complexity index is 1040. The highest BCUT2D eigenvalue weighted by Gasteiger charge is 2.19. The molecule has 8 heteroatoms. The van der Waals surface area contributed by atoms with Crippen LogP contribution in [0.1, 0.15) is 12.0 Å². The highest BCUT2D eigenvalue weighted by atomic mass is 32.2. The van der Waals surface area contributed by atoms with Crippen molar-refractivity contribution >= 4 is 22.9 Å². The van der Waals surface area contributed by atoms with E-state index >= 15 is 0 Å². The van der Waals surface area contributed by atoms with Gasteiger partial charge < -0.3 is 9.30 Å². The molecule has 0 fully saturated rings. The van der Waals surface area contributed by atoms with Gasteiger partial charge in [0.1, 0.15) is 0 Å². The molecule has 0 saturated heterocycles. The fourth-order valence-electron chi connectivity index (χ4n) is 3.05. The molecule has 27 heavy (non-hydrogen) atoms. The Hall–Kier alpha value is -2.32. The first-order valence-electron chi connectivity index (χ1n) is 8.86. The van der Waals surface area contributed by atoms with E-state index in [-0.39, 0.29) is 11.2 Å². The topological polar surface area (TPSA) is 71.1 Å². The zero-order valence-corrected chi connectivity index (χ0v) is 16.7. The lowest BCUT2D eigenvalue weighted by Crippen LogP contribution is -2.37. The van der Waals surface area contributed by atoms with Crippen LogP contribution in [0, 0.1) is 0 Å². The van der Waals surface area contributed by atoms with E-state index in [0.29, 0.717) is 24.3 Å². The molecule has 2 heterocycles. The summed E-state index contributed by atoms with van der Waals surface area (Å²) in [6, 6.07) is 10.3. The standard InChI is InChI=1S/C19H24N4O3S/c1-21-16-15(17(24)22(2)19(21)25)23(18(20-16)27-13-12-26-3)11-7-10-14-8-5-4-6-9-14/h4-6,8-9H,7,10-13H2,1-3H3. The predicted molar refractivity (Wildman–Crippen MR) is 108 cm³/mol. The number of nitrogens with zero attached hydrogens (tertiary/aromatic N) is 4. The van der Waals surface area contributed by atoms with Gasteiger partial charge >= 0.3 is 5.69 Å². The number of rotatable bonds is 8. The summed E-state index contributed by atoms with van der Waals surface area (Å²) < 4.78 is 9.64. The van der Waals surface area contributed by atoms with E-state index in [2.05, 4.69) is 17.1 Å². The molecule has 0 radical (unpaired) electrons. The third-order valence-corrected chi connectivity index (χ3v) is 5.46. The van der Waals surface area contributed by atoms with Gasteiger partial charge in [0.05, 0.1) is 6.61 Å². The molecular weight excluding hydrogens is 364 g/mol. The zero-order valence-electron chi connectivity index (χ0n) is 15.8. The van der Waals surface area contributed by atoms with Crippen LogP contribution in [0.15, 0.2) is 45.1 Å². The van der Waals surface area contributed by atoms with Gasteiger partial charge in [0.25, 0.3) is 5.56 Å². The molecule has 7 nitrogen and oxygen atoms in total. The van der Waals surface area contributed by atoms with Crippen LogP contribution in [-0.4, -0.2) is 38.2 Å². The van der Waals surface area contributed by atoms with E-state index in [9.17, 15) is 9.59 Å². The van der Waals surface area contributed by atoms with E-state index in [1.165, 1.54) is 28.9 Å². The number of ether oxygens (including phenoxy) is 1. The Morgan fingerprint density at radius 3 is 2.56 bits per heavy atom. The van der Waals surface area contributed by atoms with E-state index in [0.717, 1.165) is 28.3 Å². The Labute approximate surface area is 161 Å². The molecule has 0 unspecified atom stereocenters. The van der Waals surface area contributed by atoms with Gasteiger partial charge in [-0.25, -0.2) is 9.78 Å². The van der Waals surface area contributed by atoms with E-state index in [4.69, 9.17) is 4.74 Å². The number of hydrogen-bond acceptors (Lipinski definition) is 5. The molecule has 3 rings (SSSR count). The average molecular weight is 388 g/mol. The monoisotopic (exact) mass is 388 g/mol. The van der Waals surface area contributed by atoms with Crippen LogP contribution < -0.4 is 11.2 Å². The molecule has 0 N–H and O–H groups in total. The van der Waals surface area contributed by atoms with Crippen LogP contribution >= 0.6 is 11.8 Å². The third kappa shape index (κ3) is 4.01. The maximum Gasteiger partial charge on any atom is 0.332 e. The second-order valence-electron chi connectivity index (χ2n) is 6.35. The molecule has 1 aromatic carbocycles. The Balaban J connectivity index is 1.97. The molecule has 0 bridgehead atoms. The van der Waals surface area contributed by atoms with Crippen LogP contribution in [-0.2, 0) is 31.8 Å². The number of methoxy groups -OCH3 is 1. The summed E-state index contributed by atoms with van der Waals surface area (Å²) in [5.74, 6) is 0.729. The maximum absolute atomic E-state index is 12.8. The summed E-state index contributed by atoms with van der Waals surface area (Å²) >= 11 is 1.54. The van der Waals surface area contributed by atoms with Crippen molar-refractivity contribution in [2.24, 2.45) is 14.1 Å². The van der Waals surface area contributed by atoms with Crippen molar-refractivity contribution in [3.63, 3.8) is 0 Å². The lowest BCUT2D eigenvalue weighted by atomic mass is 10.1. The molecule has 0 saturated carbocycles. The van der Waals surface area contributed by atoms with Crippen LogP contribution in [0.4, 0.5) is 0 Å². The molecule has 144 valence electrons. The van der Waals surface area contributed by atoms with Crippen molar-refractivity contribution in [3.05, 3.63) is 56.7 Å². The highest BCUT2D eigenvalue weighted by Crippen LogP contribution is 2.22. The minimum atomic E-state index is -0.366. The van der Waals surface area contributed by atoms with Crippen molar-refractivity contribution in [3.8, 4) is 0 Å². The summed E-state index contributed by atoms with van der Waals surface area (Å²) in [6.45, 7) is 1.25. The summed E-state index contributed by atoms with van der Waals surface area (Å²) in [5.41, 5.74) is 1.50. The number of benzene rings is 1. The van der Waals surface area contributed by atoms with Crippen molar-refractivity contribution in [2.75, 3.05) is 19.5 Å². The molecule has 3 aromatic rings. The third-order valence-electron chi connectivity index (χ3n) is 4.52. The van der Waals surface area contributed by atoms with Gasteiger partial charge in [0.2, 0.25) is 0 Å². The smallest absolute Gasteiger partial charge is 0.332 e. The van der Waals surface area contributed by atoms with Crippen LogP contribution in [0.5, 0.6) is 0 Å². The molecular formula is C19H24N4O3S. The van der Waals surface area contributed by atoms with E-state index in [1.54, 1.807) is 14.2 Å². The summed E-state index contributed by atoms with van der Waals surface area (Å²) in [7, 11) is 4.81. The SMILES string of the molecule is COCCSc1nc2c(c(=O)n(C)c(=O)n2C)n1CCCc1ccccc1. The second kappa shape index (κ2) is 8.58. The fraction of sp³-hybridized carbons (Fsp3) is 0.421. The van der Waals surface area contributed by atoms with Crippen LogP contribution in [0.2, 0.25) is 0 Å². The number of thioether (sulfide) groups is 1. The summed E-state index contributed by atoms with van der Waals surface area (Å²) in [4.78, 5) is 29.6. The van der Waals surface area contributed by atoms with Crippen LogP contribution in [0.3, 0.4) is 0 Å². The number of aromatic nitrogens is 4. The Morgan fingerprint density at radius 2 is 1.85 bits per heavy atom. The second-order valence-corrected chi connectivity index (χ2v) is 7.42. The number of imidazole rings is 1. The van der Waals surface area contributed by atoms with Crippen LogP contribution in [0.25, 0.3) is 11.2 Å². The molecule has 0 aliphatic heterocycles. The van der Waals surface area contributed by atoms with Gasteiger partial charge in [-0.05, 0) is 18.4 Å². The molecule has 0 aliphatic rings. The van der Waals surface area contributed by atoms with Crippen molar-refractivity contribution in [1.82, 2.24) is 18.7 Å². The normalized spacial score (nSPS) is 11.4. The maximum atomic E-state index is 12.8.